The molecule has 0 unspecified atom stereocenters. The lowest BCUT2D eigenvalue weighted by atomic mass is 10.4. The molecule has 2 heterocycles. The van der Waals surface area contributed by atoms with Crippen LogP contribution in [0.5, 0.6) is 0 Å². The van der Waals surface area contributed by atoms with Crippen LogP contribution in [0.2, 0.25) is 0 Å². The average molecular weight is 311 g/mol. The third kappa shape index (κ3) is 3.12. The highest BCUT2D eigenvalue weighted by molar-refractivity contribution is 7.89. The Balaban J connectivity index is 1.79. The number of hydrogen-bond donors (Lipinski definition) is 3. The summed E-state index contributed by atoms with van der Waals surface area (Å²) < 4.78 is 29.1. The zero-order valence-electron chi connectivity index (χ0n) is 11.6. The molecule has 0 spiro atoms. The van der Waals surface area contributed by atoms with Crippen molar-refractivity contribution in [1.82, 2.24) is 35.2 Å². The first-order chi connectivity index (χ1) is 10.1. The fourth-order valence-corrected chi connectivity index (χ4v) is 3.19. The van der Waals surface area contributed by atoms with Crippen molar-refractivity contribution < 1.29 is 8.42 Å². The molecular weight excluding hydrogens is 294 g/mol. The molecule has 0 aliphatic heterocycles. The second kappa shape index (κ2) is 5.54. The Kier molecular flexibility index (Phi) is 3.74. The third-order valence-electron chi connectivity index (χ3n) is 3.32. The number of aromatic amines is 1. The fraction of sp³-hybridized carbons (Fsp3) is 0.545. The summed E-state index contributed by atoms with van der Waals surface area (Å²) >= 11 is 0. The van der Waals surface area contributed by atoms with Gasteiger partial charge in [0.1, 0.15) is 0 Å². The van der Waals surface area contributed by atoms with Gasteiger partial charge >= 0.3 is 0 Å². The minimum atomic E-state index is -3.58. The van der Waals surface area contributed by atoms with Gasteiger partial charge in [-0.25, -0.2) is 13.1 Å². The lowest BCUT2D eigenvalue weighted by molar-refractivity contribution is 0.578. The summed E-state index contributed by atoms with van der Waals surface area (Å²) in [6.45, 7) is 0.645. The molecule has 3 rings (SSSR count). The Morgan fingerprint density at radius 3 is 2.86 bits per heavy atom. The van der Waals surface area contributed by atoms with Crippen molar-refractivity contribution in [1.29, 1.82) is 0 Å². The lowest BCUT2D eigenvalue weighted by Gasteiger charge is -2.05. The molecule has 0 aromatic carbocycles. The van der Waals surface area contributed by atoms with E-state index in [-0.39, 0.29) is 11.4 Å². The van der Waals surface area contributed by atoms with Crippen molar-refractivity contribution in [2.24, 2.45) is 0 Å². The molecule has 1 fully saturated rings. The van der Waals surface area contributed by atoms with Gasteiger partial charge in [0.05, 0.1) is 11.4 Å². The zero-order chi connectivity index (χ0) is 14.9. The Morgan fingerprint density at radius 1 is 1.43 bits per heavy atom. The van der Waals surface area contributed by atoms with Crippen molar-refractivity contribution in [3.63, 3.8) is 0 Å². The van der Waals surface area contributed by atoms with E-state index in [2.05, 4.69) is 30.7 Å². The molecule has 9 nitrogen and oxygen atoms in total. The Labute approximate surface area is 122 Å². The van der Waals surface area contributed by atoms with Crippen molar-refractivity contribution >= 4 is 10.0 Å². The largest absolute Gasteiger partial charge is 0.346 e. The van der Waals surface area contributed by atoms with Crippen LogP contribution in [-0.4, -0.2) is 40.7 Å². The quantitative estimate of drug-likeness (QED) is 0.636. The topological polar surface area (TPSA) is 118 Å². The summed E-state index contributed by atoms with van der Waals surface area (Å²) in [4.78, 5) is 0.267. The summed E-state index contributed by atoms with van der Waals surface area (Å²) in [5.41, 5.74) is 0.972. The second-order valence-electron chi connectivity index (χ2n) is 4.99. The van der Waals surface area contributed by atoms with Crippen LogP contribution in [0.1, 0.15) is 30.4 Å². The highest BCUT2D eigenvalue weighted by atomic mass is 32.2. The van der Waals surface area contributed by atoms with Gasteiger partial charge in [0.2, 0.25) is 10.0 Å². The van der Waals surface area contributed by atoms with Crippen molar-refractivity contribution in [3.05, 3.63) is 23.8 Å². The second-order valence-corrected chi connectivity index (χ2v) is 6.76. The number of H-pyrrole nitrogens is 1. The highest BCUT2D eigenvalue weighted by Gasteiger charge is 2.28. The van der Waals surface area contributed by atoms with E-state index in [0.717, 1.165) is 18.5 Å². The van der Waals surface area contributed by atoms with Gasteiger partial charge in [-0.05, 0) is 26.0 Å². The van der Waals surface area contributed by atoms with Crippen molar-refractivity contribution in [2.75, 3.05) is 7.05 Å². The van der Waals surface area contributed by atoms with Crippen LogP contribution in [0.3, 0.4) is 0 Å². The van der Waals surface area contributed by atoms with E-state index in [1.807, 2.05) is 11.6 Å². The molecule has 0 bridgehead atoms. The normalized spacial score (nSPS) is 15.5. The van der Waals surface area contributed by atoms with Crippen LogP contribution < -0.4 is 10.0 Å². The molecule has 10 heteroatoms. The Hall–Kier alpha value is -1.78. The van der Waals surface area contributed by atoms with Crippen molar-refractivity contribution in [2.45, 2.75) is 36.9 Å². The first-order valence-electron chi connectivity index (χ1n) is 6.67. The predicted octanol–water partition coefficient (Wildman–Crippen LogP) is -0.466. The van der Waals surface area contributed by atoms with Gasteiger partial charge in [-0.2, -0.15) is 5.21 Å². The number of tetrazole rings is 1. The summed E-state index contributed by atoms with van der Waals surface area (Å²) in [5.74, 6) is 0.302. The molecular formula is C11H17N7O2S. The van der Waals surface area contributed by atoms with E-state index in [4.69, 9.17) is 0 Å². The first kappa shape index (κ1) is 14.2. The molecule has 114 valence electrons. The molecule has 3 N–H and O–H groups in total. The number of hydrogen-bond acceptors (Lipinski definition) is 6. The molecule has 1 aliphatic carbocycles. The molecule has 0 radical (unpaired) electrons. The lowest BCUT2D eigenvalue weighted by Crippen LogP contribution is -2.23. The van der Waals surface area contributed by atoms with Crippen LogP contribution in [0, 0.1) is 0 Å². The molecule has 1 saturated carbocycles. The van der Waals surface area contributed by atoms with E-state index < -0.39 is 10.0 Å². The van der Waals surface area contributed by atoms with Gasteiger partial charge in [0.25, 0.3) is 0 Å². The summed E-state index contributed by atoms with van der Waals surface area (Å²) in [7, 11) is -1.74. The van der Waals surface area contributed by atoms with Crippen LogP contribution in [-0.2, 0) is 23.1 Å². The smallest absolute Gasteiger partial charge is 0.242 e. The fourth-order valence-electron chi connectivity index (χ4n) is 2.16. The van der Waals surface area contributed by atoms with Crippen LogP contribution in [0.25, 0.3) is 0 Å². The molecule has 2 aromatic heterocycles. The minimum absolute atomic E-state index is 0.00873. The van der Waals surface area contributed by atoms with Crippen molar-refractivity contribution in [3.8, 4) is 0 Å². The number of nitrogens with one attached hydrogen (secondary N) is 3. The molecule has 1 aliphatic rings. The van der Waals surface area contributed by atoms with E-state index in [1.165, 1.54) is 0 Å². The Morgan fingerprint density at radius 2 is 2.24 bits per heavy atom. The molecule has 0 amide bonds. The summed E-state index contributed by atoms with van der Waals surface area (Å²) in [6.07, 6.45) is 3.89. The zero-order valence-corrected chi connectivity index (χ0v) is 12.4. The molecule has 21 heavy (non-hydrogen) atoms. The molecule has 2 aromatic rings. The molecule has 0 saturated heterocycles. The minimum Gasteiger partial charge on any atom is -0.346 e. The van der Waals surface area contributed by atoms with Crippen LogP contribution in [0.15, 0.2) is 17.2 Å². The number of nitrogens with zero attached hydrogens (tertiary/aromatic N) is 4. The average Bonchev–Trinajstić information content (AvgIpc) is 3.00. The summed E-state index contributed by atoms with van der Waals surface area (Å²) in [5, 5.41) is 16.2. The summed E-state index contributed by atoms with van der Waals surface area (Å²) in [6, 6.07) is 2.13. The van der Waals surface area contributed by atoms with E-state index in [0.29, 0.717) is 18.4 Å². The first-order valence-corrected chi connectivity index (χ1v) is 8.16. The van der Waals surface area contributed by atoms with E-state index in [9.17, 15) is 8.42 Å². The maximum Gasteiger partial charge on any atom is 0.242 e. The van der Waals surface area contributed by atoms with E-state index in [1.54, 1.807) is 12.3 Å². The van der Waals surface area contributed by atoms with E-state index >= 15 is 0 Å². The number of aromatic nitrogens is 5. The maximum atomic E-state index is 12.3. The standard InChI is InChI=1S/C11H17N7O2S/c1-12-5-9-4-10(7-18(9)8-2-3-8)21(19,20)13-6-11-14-16-17-15-11/h4,7-8,12-13H,2-3,5-6H2,1H3,(H,14,15,16,17). The van der Waals surface area contributed by atoms with Gasteiger partial charge in [0, 0.05) is 24.5 Å². The highest BCUT2D eigenvalue weighted by Crippen LogP contribution is 2.37. The van der Waals surface area contributed by atoms with Crippen LogP contribution in [0.4, 0.5) is 0 Å². The van der Waals surface area contributed by atoms with Gasteiger partial charge < -0.3 is 9.88 Å². The Bertz CT molecular complexity index is 703. The number of sulfonamides is 1. The third-order valence-corrected chi connectivity index (χ3v) is 4.69. The monoisotopic (exact) mass is 311 g/mol. The van der Waals surface area contributed by atoms with Gasteiger partial charge in [0.15, 0.2) is 5.82 Å². The predicted molar refractivity (Wildman–Crippen MR) is 73.7 cm³/mol. The van der Waals surface area contributed by atoms with Gasteiger partial charge in [-0.15, -0.1) is 10.2 Å². The number of rotatable bonds is 7. The molecule has 0 atom stereocenters. The van der Waals surface area contributed by atoms with Crippen LogP contribution >= 0.6 is 0 Å². The van der Waals surface area contributed by atoms with Gasteiger partial charge in [-0.3, -0.25) is 0 Å². The van der Waals surface area contributed by atoms with Gasteiger partial charge in [-0.1, -0.05) is 5.21 Å². The maximum absolute atomic E-state index is 12.3. The SMILES string of the molecule is CNCc1cc(S(=O)(=O)NCc2nn[nH]n2)cn1C1CC1.